The monoisotopic (exact) mass is 426 g/mol. The van der Waals surface area contributed by atoms with E-state index in [-0.39, 0.29) is 5.82 Å². The van der Waals surface area contributed by atoms with Crippen LogP contribution in [0.3, 0.4) is 0 Å². The highest BCUT2D eigenvalue weighted by Gasteiger charge is 2.06. The lowest BCUT2D eigenvalue weighted by atomic mass is 10.2. The van der Waals surface area contributed by atoms with Gasteiger partial charge in [0, 0.05) is 20.9 Å². The Morgan fingerprint density at radius 2 is 1.03 bits per heavy atom. The third kappa shape index (κ3) is 6.31. The van der Waals surface area contributed by atoms with Gasteiger partial charge in [0.25, 0.3) is 0 Å². The van der Waals surface area contributed by atoms with E-state index in [1.165, 1.54) is 27.5 Å². The molecule has 0 aliphatic heterocycles. The first kappa shape index (κ1) is 22.9. The molecule has 0 bridgehead atoms. The Labute approximate surface area is 181 Å². The van der Waals surface area contributed by atoms with Gasteiger partial charge in [0.2, 0.25) is 0 Å². The lowest BCUT2D eigenvalue weighted by molar-refractivity contribution is 0.628. The van der Waals surface area contributed by atoms with Crippen molar-refractivity contribution in [3.05, 3.63) is 81.6 Å². The van der Waals surface area contributed by atoms with Crippen LogP contribution in [0.4, 0.5) is 4.39 Å². The van der Waals surface area contributed by atoms with Gasteiger partial charge in [-0.05, 0) is 52.0 Å². The molecule has 0 aliphatic carbocycles. The number of hydrogen-bond donors (Lipinski definition) is 0. The quantitative estimate of drug-likeness (QED) is 0.324. The van der Waals surface area contributed by atoms with Gasteiger partial charge in [-0.25, -0.2) is 14.4 Å². The molecule has 0 radical (unpaired) electrons. The smallest absolute Gasteiger partial charge is 0.123 e. The highest BCUT2D eigenvalue weighted by molar-refractivity contribution is 7.15. The molecule has 0 amide bonds. The van der Waals surface area contributed by atoms with Crippen molar-refractivity contribution in [1.29, 1.82) is 0 Å². The fourth-order valence-corrected chi connectivity index (χ4v) is 4.21. The average Bonchev–Trinajstić information content (AvgIpc) is 3.26. The van der Waals surface area contributed by atoms with Crippen LogP contribution in [0, 0.1) is 33.5 Å². The summed E-state index contributed by atoms with van der Waals surface area (Å²) >= 11 is 3.40. The second-order valence-electron chi connectivity index (χ2n) is 6.19. The molecule has 0 aliphatic rings. The molecule has 0 N–H and O–H groups in total. The van der Waals surface area contributed by atoms with Gasteiger partial charge in [-0.1, -0.05) is 44.2 Å². The number of aromatic nitrogens is 2. The number of nitrogens with zero attached hydrogens (tertiary/aromatic N) is 2. The molecule has 152 valence electrons. The zero-order valence-corrected chi connectivity index (χ0v) is 19.4. The van der Waals surface area contributed by atoms with Gasteiger partial charge in [-0.3, -0.25) is 0 Å². The van der Waals surface area contributed by atoms with Crippen LogP contribution in [-0.4, -0.2) is 9.97 Å². The second kappa shape index (κ2) is 11.0. The molecular formula is C24H27FN2S2. The van der Waals surface area contributed by atoms with E-state index in [1.54, 1.807) is 34.8 Å². The lowest BCUT2D eigenvalue weighted by Crippen LogP contribution is -1.78. The largest absolute Gasteiger partial charge is 0.241 e. The number of thiazole rings is 2. The topological polar surface area (TPSA) is 25.8 Å². The highest BCUT2D eigenvalue weighted by atomic mass is 32.1. The fourth-order valence-electron chi connectivity index (χ4n) is 2.37. The Morgan fingerprint density at radius 3 is 1.41 bits per heavy atom. The Hall–Kier alpha value is -2.37. The van der Waals surface area contributed by atoms with E-state index in [2.05, 4.69) is 35.9 Å². The van der Waals surface area contributed by atoms with Gasteiger partial charge in [-0.2, -0.15) is 0 Å². The van der Waals surface area contributed by atoms with Gasteiger partial charge in [0.15, 0.2) is 0 Å². The first-order valence-electron chi connectivity index (χ1n) is 9.63. The summed E-state index contributed by atoms with van der Waals surface area (Å²) in [5, 5.41) is 2.08. The summed E-state index contributed by atoms with van der Waals surface area (Å²) in [6.45, 7) is 12.2. The maximum Gasteiger partial charge on any atom is 0.123 e. The zero-order chi connectivity index (χ0) is 21.4. The summed E-state index contributed by atoms with van der Waals surface area (Å²) in [5.41, 5.74) is 4.38. The van der Waals surface area contributed by atoms with Crippen molar-refractivity contribution in [3.63, 3.8) is 0 Å². The molecule has 0 unspecified atom stereocenters. The van der Waals surface area contributed by atoms with Crippen LogP contribution in [-0.2, 0) is 0 Å². The van der Waals surface area contributed by atoms with Crippen molar-refractivity contribution in [3.8, 4) is 21.1 Å². The molecule has 2 heterocycles. The standard InChI is InChI=1S/C11H10FNS.C11H11NS.C2H6/c1-7-8(2)14-11(13-7)9-3-5-10(12)6-4-9;1-8-9(2)13-11(12-8)10-6-4-3-5-7-10;1-2/h3-6H,1-2H3;3-7H,1-2H3;1-2H3. The third-order valence-corrected chi connectivity index (χ3v) is 6.41. The van der Waals surface area contributed by atoms with Crippen LogP contribution in [0.1, 0.15) is 35.0 Å². The molecule has 29 heavy (non-hydrogen) atoms. The molecule has 0 saturated heterocycles. The molecule has 4 rings (SSSR count). The van der Waals surface area contributed by atoms with Crippen molar-refractivity contribution >= 4 is 22.7 Å². The minimum atomic E-state index is -0.209. The van der Waals surface area contributed by atoms with Crippen molar-refractivity contribution in [2.24, 2.45) is 0 Å². The van der Waals surface area contributed by atoms with Gasteiger partial charge < -0.3 is 0 Å². The normalized spacial score (nSPS) is 9.90. The molecule has 2 aromatic carbocycles. The fraction of sp³-hybridized carbons (Fsp3) is 0.250. The summed E-state index contributed by atoms with van der Waals surface area (Å²) in [4.78, 5) is 11.4. The van der Waals surface area contributed by atoms with E-state index >= 15 is 0 Å². The Balaban J connectivity index is 0.000000191. The Morgan fingerprint density at radius 1 is 0.621 bits per heavy atom. The van der Waals surface area contributed by atoms with Crippen LogP contribution in [0.2, 0.25) is 0 Å². The average molecular weight is 427 g/mol. The minimum absolute atomic E-state index is 0.209. The Bertz CT molecular complexity index is 980. The van der Waals surface area contributed by atoms with Gasteiger partial charge in [0.05, 0.1) is 11.4 Å². The SMILES string of the molecule is CC.Cc1nc(-c2ccc(F)cc2)sc1C.Cc1nc(-c2ccccc2)sc1C. The minimum Gasteiger partial charge on any atom is -0.241 e. The second-order valence-corrected chi connectivity index (χ2v) is 8.60. The van der Waals surface area contributed by atoms with Crippen molar-refractivity contribution in [1.82, 2.24) is 9.97 Å². The first-order valence-corrected chi connectivity index (χ1v) is 11.3. The summed E-state index contributed by atoms with van der Waals surface area (Å²) in [5.74, 6) is -0.209. The van der Waals surface area contributed by atoms with E-state index in [0.717, 1.165) is 27.0 Å². The third-order valence-electron chi connectivity index (χ3n) is 4.17. The molecular weight excluding hydrogens is 399 g/mol. The number of rotatable bonds is 2. The molecule has 0 atom stereocenters. The molecule has 0 saturated carbocycles. The maximum atomic E-state index is 12.7. The molecule has 0 fully saturated rings. The molecule has 2 nitrogen and oxygen atoms in total. The van der Waals surface area contributed by atoms with Gasteiger partial charge >= 0.3 is 0 Å². The molecule has 4 aromatic rings. The number of hydrogen-bond acceptors (Lipinski definition) is 4. The number of halogens is 1. The lowest BCUT2D eigenvalue weighted by Gasteiger charge is -1.94. The first-order chi connectivity index (χ1) is 13.9. The number of benzene rings is 2. The van der Waals surface area contributed by atoms with Crippen molar-refractivity contribution in [2.45, 2.75) is 41.5 Å². The van der Waals surface area contributed by atoms with Crippen LogP contribution in [0.15, 0.2) is 54.6 Å². The van der Waals surface area contributed by atoms with E-state index < -0.39 is 0 Å². The van der Waals surface area contributed by atoms with Crippen LogP contribution < -0.4 is 0 Å². The summed E-state index contributed by atoms with van der Waals surface area (Å²) in [6.07, 6.45) is 0. The zero-order valence-electron chi connectivity index (χ0n) is 17.8. The van der Waals surface area contributed by atoms with Crippen molar-refractivity contribution in [2.75, 3.05) is 0 Å². The maximum absolute atomic E-state index is 12.7. The predicted molar refractivity (Wildman–Crippen MR) is 125 cm³/mol. The molecule has 2 aromatic heterocycles. The van der Waals surface area contributed by atoms with Crippen LogP contribution >= 0.6 is 22.7 Å². The van der Waals surface area contributed by atoms with E-state index in [4.69, 9.17) is 0 Å². The molecule has 0 spiro atoms. The van der Waals surface area contributed by atoms with E-state index in [1.807, 2.05) is 45.9 Å². The van der Waals surface area contributed by atoms with E-state index in [9.17, 15) is 4.39 Å². The van der Waals surface area contributed by atoms with Gasteiger partial charge in [0.1, 0.15) is 15.8 Å². The Kier molecular flexibility index (Phi) is 8.68. The summed E-state index contributed by atoms with van der Waals surface area (Å²) < 4.78 is 12.7. The van der Waals surface area contributed by atoms with Crippen LogP contribution in [0.25, 0.3) is 21.1 Å². The summed E-state index contributed by atoms with van der Waals surface area (Å²) in [7, 11) is 0. The predicted octanol–water partition coefficient (Wildman–Crippen LogP) is 8.02. The van der Waals surface area contributed by atoms with Crippen LogP contribution in [0.5, 0.6) is 0 Å². The van der Waals surface area contributed by atoms with Gasteiger partial charge in [-0.15, -0.1) is 22.7 Å². The van der Waals surface area contributed by atoms with Crippen molar-refractivity contribution < 1.29 is 4.39 Å². The number of aryl methyl sites for hydroxylation is 4. The summed E-state index contributed by atoms with van der Waals surface area (Å²) in [6, 6.07) is 16.7. The molecule has 5 heteroatoms. The van der Waals surface area contributed by atoms with E-state index in [0.29, 0.717) is 0 Å². The highest BCUT2D eigenvalue weighted by Crippen LogP contribution is 2.27.